The quantitative estimate of drug-likeness (QED) is 0.0606. The van der Waals surface area contributed by atoms with Gasteiger partial charge in [0.2, 0.25) is 0 Å². The molecule has 1 amide bonds. The third-order valence-electron chi connectivity index (χ3n) is 15.2. The molecule has 0 saturated carbocycles. The molecule has 7 aromatic rings. The molecular formula is C62H62N2O3S4. The minimum Gasteiger partial charge on any atom is -0.480 e. The van der Waals surface area contributed by atoms with E-state index in [4.69, 9.17) is 12.2 Å². The smallest absolute Gasteiger partial charge is 0.323 e. The Kier molecular flexibility index (Phi) is 14.4. The maximum Gasteiger partial charge on any atom is 0.323 e. The number of anilines is 3. The van der Waals surface area contributed by atoms with Crippen molar-refractivity contribution in [2.45, 2.75) is 116 Å². The zero-order valence-electron chi connectivity index (χ0n) is 41.3. The summed E-state index contributed by atoms with van der Waals surface area (Å²) in [6.45, 7) is 8.89. The van der Waals surface area contributed by atoms with Gasteiger partial charge in [0.25, 0.3) is 5.91 Å². The van der Waals surface area contributed by atoms with Crippen LogP contribution in [-0.4, -0.2) is 32.7 Å². The second-order valence-corrected chi connectivity index (χ2v) is 23.4. The first-order valence-electron chi connectivity index (χ1n) is 25.7. The molecule has 3 aliphatic rings. The van der Waals surface area contributed by atoms with Gasteiger partial charge in [0.15, 0.2) is 0 Å². The fourth-order valence-electron chi connectivity index (χ4n) is 11.7. The molecule has 0 radical (unpaired) electrons. The standard InChI is InChI=1S/C62H62N2O3S4/c1-5-9-33-61(34-10-6-2)50-19-15-13-17-46(50)48-28-25-43(37-52(48)61)64(44-26-29-49-47-18-14-16-20-51(47)62(35-11-7-3,36-12-8-4)53(49)38-44)42-23-21-41(22-24-42)54-31-32-56(70-54)55-30-27-45(69-55)39-57-59(67)63(40-58(65)66)60(68)71-57/h13-32,37-39H,5-12,33-36,40H2,1-4H3,(H,65,66)/b57-39-. The predicted molar refractivity (Wildman–Crippen MR) is 306 cm³/mol. The lowest BCUT2D eigenvalue weighted by Gasteiger charge is -2.35. The van der Waals surface area contributed by atoms with Crippen LogP contribution in [0.5, 0.6) is 0 Å². The number of benzene rings is 5. The Labute approximate surface area is 437 Å². The SMILES string of the molecule is CCCCC1(CCCC)c2ccccc2-c2ccc(N(c3ccc(-c4ccc(-c5ccc(/C=C6\SC(=S)N(CC(=O)O)C6=O)s5)s4)cc3)c3ccc4c(c3)C(CCCC)(CCCC)c3ccccc3-4)cc21. The molecular weight excluding hydrogens is 949 g/mol. The van der Waals surface area contributed by atoms with Crippen LogP contribution in [0.2, 0.25) is 0 Å². The molecule has 0 bridgehead atoms. The van der Waals surface area contributed by atoms with Crippen molar-refractivity contribution in [3.8, 4) is 42.4 Å². The van der Waals surface area contributed by atoms with Crippen molar-refractivity contribution in [1.82, 2.24) is 4.90 Å². The van der Waals surface area contributed by atoms with Gasteiger partial charge in [-0.25, -0.2) is 0 Å². The van der Waals surface area contributed by atoms with Crippen molar-refractivity contribution in [3.05, 3.63) is 165 Å². The molecule has 9 heteroatoms. The largest absolute Gasteiger partial charge is 0.480 e. The van der Waals surface area contributed by atoms with Crippen LogP contribution >= 0.6 is 46.7 Å². The number of carbonyl (C=O) groups excluding carboxylic acids is 1. The topological polar surface area (TPSA) is 60.9 Å². The molecule has 10 rings (SSSR count). The molecule has 1 N–H and O–H groups in total. The van der Waals surface area contributed by atoms with E-state index in [1.165, 1.54) is 112 Å². The van der Waals surface area contributed by atoms with Crippen LogP contribution in [0.15, 0.2) is 138 Å². The molecule has 1 fully saturated rings. The Morgan fingerprint density at radius 2 is 1.04 bits per heavy atom. The van der Waals surface area contributed by atoms with Crippen molar-refractivity contribution in [2.75, 3.05) is 11.4 Å². The summed E-state index contributed by atoms with van der Waals surface area (Å²) in [6, 6.07) is 50.9. The molecule has 71 heavy (non-hydrogen) atoms. The lowest BCUT2D eigenvalue weighted by molar-refractivity contribution is -0.140. The third kappa shape index (κ3) is 9.06. The highest BCUT2D eigenvalue weighted by Gasteiger charge is 2.44. The second kappa shape index (κ2) is 20.9. The molecule has 0 atom stereocenters. The third-order valence-corrected chi connectivity index (χ3v) is 18.9. The number of hydrogen-bond acceptors (Lipinski definition) is 7. The van der Waals surface area contributed by atoms with Crippen LogP contribution < -0.4 is 4.90 Å². The highest BCUT2D eigenvalue weighted by molar-refractivity contribution is 8.26. The Morgan fingerprint density at radius 3 is 1.56 bits per heavy atom. The van der Waals surface area contributed by atoms with Gasteiger partial charge in [-0.2, -0.15) is 0 Å². The predicted octanol–water partition coefficient (Wildman–Crippen LogP) is 18.2. The van der Waals surface area contributed by atoms with Crippen LogP contribution in [0.3, 0.4) is 0 Å². The van der Waals surface area contributed by atoms with Gasteiger partial charge in [-0.1, -0.05) is 176 Å². The van der Waals surface area contributed by atoms with E-state index in [9.17, 15) is 14.7 Å². The summed E-state index contributed by atoms with van der Waals surface area (Å²) in [6.07, 6.45) is 15.9. The lowest BCUT2D eigenvalue weighted by Crippen LogP contribution is -2.33. The molecule has 362 valence electrons. The normalized spacial score (nSPS) is 15.5. The lowest BCUT2D eigenvalue weighted by atomic mass is 9.70. The number of aliphatic carboxylic acids is 1. The van der Waals surface area contributed by atoms with E-state index >= 15 is 0 Å². The van der Waals surface area contributed by atoms with Crippen molar-refractivity contribution in [2.24, 2.45) is 0 Å². The zero-order chi connectivity index (χ0) is 49.3. The summed E-state index contributed by atoms with van der Waals surface area (Å²) in [5, 5.41) is 9.28. The van der Waals surface area contributed by atoms with E-state index in [-0.39, 0.29) is 21.1 Å². The van der Waals surface area contributed by atoms with Crippen molar-refractivity contribution >= 4 is 86.0 Å². The highest BCUT2D eigenvalue weighted by Crippen LogP contribution is 2.58. The van der Waals surface area contributed by atoms with E-state index in [0.717, 1.165) is 68.2 Å². The zero-order valence-corrected chi connectivity index (χ0v) is 44.5. The molecule has 5 aromatic carbocycles. The molecule has 2 aliphatic carbocycles. The van der Waals surface area contributed by atoms with Gasteiger partial charge in [0.1, 0.15) is 10.9 Å². The molecule has 5 nitrogen and oxygen atoms in total. The van der Waals surface area contributed by atoms with Gasteiger partial charge >= 0.3 is 5.97 Å². The van der Waals surface area contributed by atoms with Crippen molar-refractivity contribution < 1.29 is 14.7 Å². The van der Waals surface area contributed by atoms with Crippen LogP contribution in [0.25, 0.3) is 48.5 Å². The molecule has 0 spiro atoms. The Bertz CT molecular complexity index is 3020. The number of carboxylic acid groups (broad SMARTS) is 1. The van der Waals surface area contributed by atoms with Crippen molar-refractivity contribution in [1.29, 1.82) is 0 Å². The van der Waals surface area contributed by atoms with Crippen molar-refractivity contribution in [3.63, 3.8) is 0 Å². The van der Waals surface area contributed by atoms with E-state index in [2.05, 4.69) is 160 Å². The van der Waals surface area contributed by atoms with E-state index in [1.54, 1.807) is 22.7 Å². The first-order chi connectivity index (χ1) is 34.6. The fourth-order valence-corrected chi connectivity index (χ4v) is 15.1. The first-order valence-corrected chi connectivity index (χ1v) is 28.5. The monoisotopic (exact) mass is 1010 g/mol. The number of unbranched alkanes of at least 4 members (excludes halogenated alkanes) is 4. The van der Waals surface area contributed by atoms with Gasteiger partial charge in [0, 0.05) is 47.4 Å². The van der Waals surface area contributed by atoms with E-state index in [0.29, 0.717) is 4.91 Å². The Morgan fingerprint density at radius 1 is 0.577 bits per heavy atom. The summed E-state index contributed by atoms with van der Waals surface area (Å²) in [5.41, 5.74) is 16.1. The first kappa shape index (κ1) is 49.0. The van der Waals surface area contributed by atoms with Crippen LogP contribution in [0.1, 0.15) is 132 Å². The average Bonchev–Trinajstić information content (AvgIpc) is 4.22. The minimum absolute atomic E-state index is 0.0287. The summed E-state index contributed by atoms with van der Waals surface area (Å²) in [7, 11) is 0. The number of amides is 1. The second-order valence-electron chi connectivity index (χ2n) is 19.5. The van der Waals surface area contributed by atoms with E-state index in [1.807, 2.05) is 12.1 Å². The number of hydrogen-bond donors (Lipinski definition) is 1. The number of carboxylic acids is 1. The Hall–Kier alpha value is -5.58. The van der Waals surface area contributed by atoms with Gasteiger partial charge in [-0.05, 0) is 142 Å². The highest BCUT2D eigenvalue weighted by atomic mass is 32.2. The fraction of sp³-hybridized carbons (Fsp3) is 0.306. The molecule has 1 saturated heterocycles. The summed E-state index contributed by atoms with van der Waals surface area (Å²) < 4.78 is 0.271. The number of fused-ring (bicyclic) bond motifs is 6. The number of nitrogens with zero attached hydrogens (tertiary/aromatic N) is 2. The Balaban J connectivity index is 1.05. The van der Waals surface area contributed by atoms with Crippen LogP contribution in [0, 0.1) is 0 Å². The maximum absolute atomic E-state index is 13.0. The molecule has 1 aliphatic heterocycles. The molecule has 2 aromatic heterocycles. The number of thiocarbonyl (C=S) groups is 1. The number of carbonyl (C=O) groups is 2. The summed E-state index contributed by atoms with van der Waals surface area (Å²) in [5.74, 6) is -1.45. The molecule has 3 heterocycles. The minimum atomic E-state index is -1.09. The van der Waals surface area contributed by atoms with Crippen LogP contribution in [0.4, 0.5) is 17.1 Å². The van der Waals surface area contributed by atoms with Gasteiger partial charge in [0.05, 0.1) is 4.91 Å². The molecule has 0 unspecified atom stereocenters. The number of thiophene rings is 2. The maximum atomic E-state index is 13.0. The summed E-state index contributed by atoms with van der Waals surface area (Å²) >= 11 is 9.85. The van der Waals surface area contributed by atoms with Gasteiger partial charge in [-0.15, -0.1) is 22.7 Å². The van der Waals surface area contributed by atoms with Gasteiger partial charge < -0.3 is 10.0 Å². The van der Waals surface area contributed by atoms with Crippen LogP contribution in [-0.2, 0) is 20.4 Å². The van der Waals surface area contributed by atoms with E-state index < -0.39 is 12.5 Å². The van der Waals surface area contributed by atoms with Gasteiger partial charge in [-0.3, -0.25) is 14.5 Å². The summed E-state index contributed by atoms with van der Waals surface area (Å²) in [4.78, 5) is 32.8. The number of rotatable bonds is 20. The average molecular weight is 1010 g/mol. The number of thioether (sulfide) groups is 1.